The summed E-state index contributed by atoms with van der Waals surface area (Å²) in [4.78, 5) is 13.3. The van der Waals surface area contributed by atoms with E-state index in [1.54, 1.807) is 62.7 Å². The van der Waals surface area contributed by atoms with Gasteiger partial charge >= 0.3 is 6.09 Å². The van der Waals surface area contributed by atoms with E-state index < -0.39 is 12.2 Å². The number of amides is 1. The number of carbonyl (C=O) groups is 1. The molecule has 5 nitrogen and oxygen atoms in total. The molecule has 2 rings (SSSR count). The Balaban J connectivity index is 1.95. The minimum atomic E-state index is -0.816. The van der Waals surface area contributed by atoms with Crippen molar-refractivity contribution in [3.05, 3.63) is 60.2 Å². The Bertz CT molecular complexity index is 615. The minimum Gasteiger partial charge on any atom is -0.497 e. The molecule has 1 atom stereocenters. The number of aliphatic hydroxyl groups excluding tert-OH is 1. The van der Waals surface area contributed by atoms with E-state index in [-0.39, 0.29) is 6.54 Å². The van der Waals surface area contributed by atoms with Crippen molar-refractivity contribution >= 4 is 6.09 Å². The standard InChI is InChI=1S/C17H19NO4/c1-18(17(20)22-14-8-4-3-5-9-14)12-16(19)13-7-6-10-15(11-13)21-2/h3-11,16,19H,12H2,1-2H3. The number of nitrogens with zero attached hydrogens (tertiary/aromatic N) is 1. The van der Waals surface area contributed by atoms with Crippen LogP contribution in [-0.4, -0.2) is 36.8 Å². The summed E-state index contributed by atoms with van der Waals surface area (Å²) in [5.74, 6) is 1.13. The number of carbonyl (C=O) groups excluding carboxylic acids is 1. The van der Waals surface area contributed by atoms with Gasteiger partial charge in [-0.05, 0) is 29.8 Å². The Kier molecular flexibility index (Phi) is 5.38. The van der Waals surface area contributed by atoms with Gasteiger partial charge in [0, 0.05) is 7.05 Å². The molecule has 2 aromatic carbocycles. The fourth-order valence-corrected chi connectivity index (χ4v) is 1.96. The number of hydrogen-bond donors (Lipinski definition) is 1. The zero-order chi connectivity index (χ0) is 15.9. The van der Waals surface area contributed by atoms with E-state index in [9.17, 15) is 9.90 Å². The van der Waals surface area contributed by atoms with E-state index in [0.29, 0.717) is 17.1 Å². The molecule has 0 radical (unpaired) electrons. The summed E-state index contributed by atoms with van der Waals surface area (Å²) in [7, 11) is 3.14. The molecule has 0 aliphatic carbocycles. The monoisotopic (exact) mass is 301 g/mol. The highest BCUT2D eigenvalue weighted by atomic mass is 16.6. The molecule has 2 aromatic rings. The first kappa shape index (κ1) is 15.9. The molecule has 0 saturated carbocycles. The molecule has 1 amide bonds. The first-order chi connectivity index (χ1) is 10.6. The first-order valence-electron chi connectivity index (χ1n) is 6.90. The topological polar surface area (TPSA) is 59.0 Å². The molecular weight excluding hydrogens is 282 g/mol. The predicted octanol–water partition coefficient (Wildman–Crippen LogP) is 2.86. The van der Waals surface area contributed by atoms with Crippen molar-refractivity contribution in [3.8, 4) is 11.5 Å². The van der Waals surface area contributed by atoms with Crippen LogP contribution in [-0.2, 0) is 0 Å². The van der Waals surface area contributed by atoms with Gasteiger partial charge in [0.1, 0.15) is 11.5 Å². The van der Waals surface area contributed by atoms with Gasteiger partial charge in [0.25, 0.3) is 0 Å². The molecule has 0 aliphatic rings. The van der Waals surface area contributed by atoms with Crippen molar-refractivity contribution in [2.75, 3.05) is 20.7 Å². The second-order valence-electron chi connectivity index (χ2n) is 4.85. The van der Waals surface area contributed by atoms with Gasteiger partial charge in [-0.1, -0.05) is 30.3 Å². The molecule has 1 unspecified atom stereocenters. The zero-order valence-corrected chi connectivity index (χ0v) is 12.6. The Morgan fingerprint density at radius 2 is 1.82 bits per heavy atom. The Morgan fingerprint density at radius 1 is 1.14 bits per heavy atom. The maximum absolute atomic E-state index is 12.0. The smallest absolute Gasteiger partial charge is 0.415 e. The molecule has 0 fully saturated rings. The second-order valence-corrected chi connectivity index (χ2v) is 4.85. The molecule has 0 spiro atoms. The lowest BCUT2D eigenvalue weighted by atomic mass is 10.1. The van der Waals surface area contributed by atoms with Gasteiger partial charge in [-0.15, -0.1) is 0 Å². The second kappa shape index (κ2) is 7.47. The van der Waals surface area contributed by atoms with Crippen LogP contribution in [0.25, 0.3) is 0 Å². The number of ether oxygens (including phenoxy) is 2. The van der Waals surface area contributed by atoms with Crippen molar-refractivity contribution in [1.82, 2.24) is 4.90 Å². The first-order valence-corrected chi connectivity index (χ1v) is 6.90. The summed E-state index contributed by atoms with van der Waals surface area (Å²) >= 11 is 0. The van der Waals surface area contributed by atoms with E-state index in [4.69, 9.17) is 9.47 Å². The van der Waals surface area contributed by atoms with Crippen molar-refractivity contribution in [3.63, 3.8) is 0 Å². The number of hydrogen-bond acceptors (Lipinski definition) is 4. The Morgan fingerprint density at radius 3 is 2.50 bits per heavy atom. The zero-order valence-electron chi connectivity index (χ0n) is 12.6. The number of para-hydroxylation sites is 1. The molecule has 0 aliphatic heterocycles. The van der Waals surface area contributed by atoms with Crippen LogP contribution in [0, 0.1) is 0 Å². The number of rotatable bonds is 5. The molecule has 5 heteroatoms. The quantitative estimate of drug-likeness (QED) is 0.922. The lowest BCUT2D eigenvalue weighted by Crippen LogP contribution is -2.33. The van der Waals surface area contributed by atoms with E-state index >= 15 is 0 Å². The van der Waals surface area contributed by atoms with Crippen LogP contribution < -0.4 is 9.47 Å². The van der Waals surface area contributed by atoms with Crippen LogP contribution in [0.4, 0.5) is 4.79 Å². The lowest BCUT2D eigenvalue weighted by Gasteiger charge is -2.20. The SMILES string of the molecule is COc1cccc(C(O)CN(C)C(=O)Oc2ccccc2)c1. The van der Waals surface area contributed by atoms with E-state index in [2.05, 4.69) is 0 Å². The number of likely N-dealkylation sites (N-methyl/N-ethyl adjacent to an activating group) is 1. The minimum absolute atomic E-state index is 0.124. The van der Waals surface area contributed by atoms with Gasteiger partial charge in [0.15, 0.2) is 0 Å². The lowest BCUT2D eigenvalue weighted by molar-refractivity contribution is 0.112. The third-order valence-corrected chi connectivity index (χ3v) is 3.19. The normalized spacial score (nSPS) is 11.6. The molecule has 0 aromatic heterocycles. The van der Waals surface area contributed by atoms with Crippen LogP contribution in [0.3, 0.4) is 0 Å². The van der Waals surface area contributed by atoms with Crippen molar-refractivity contribution < 1.29 is 19.4 Å². The summed E-state index contributed by atoms with van der Waals surface area (Å²) in [6, 6.07) is 15.9. The van der Waals surface area contributed by atoms with Crippen LogP contribution in [0.5, 0.6) is 11.5 Å². The summed E-state index contributed by atoms with van der Waals surface area (Å²) in [6.07, 6.45) is -1.34. The highest BCUT2D eigenvalue weighted by molar-refractivity contribution is 5.70. The molecule has 116 valence electrons. The van der Waals surface area contributed by atoms with Gasteiger partial charge in [0.2, 0.25) is 0 Å². The van der Waals surface area contributed by atoms with Gasteiger partial charge in [-0.3, -0.25) is 0 Å². The average molecular weight is 301 g/mol. The Labute approximate surface area is 129 Å². The highest BCUT2D eigenvalue weighted by Gasteiger charge is 2.17. The van der Waals surface area contributed by atoms with Gasteiger partial charge in [-0.25, -0.2) is 4.79 Å². The predicted molar refractivity (Wildman–Crippen MR) is 83.0 cm³/mol. The summed E-state index contributed by atoms with van der Waals surface area (Å²) in [5.41, 5.74) is 0.679. The van der Waals surface area contributed by atoms with E-state index in [1.807, 2.05) is 6.07 Å². The summed E-state index contributed by atoms with van der Waals surface area (Å²) in [6.45, 7) is 0.124. The van der Waals surface area contributed by atoms with Crippen molar-refractivity contribution in [2.24, 2.45) is 0 Å². The van der Waals surface area contributed by atoms with Gasteiger partial charge < -0.3 is 19.5 Å². The van der Waals surface area contributed by atoms with Crippen LogP contribution >= 0.6 is 0 Å². The molecule has 0 saturated heterocycles. The largest absolute Gasteiger partial charge is 0.497 e. The molecule has 22 heavy (non-hydrogen) atoms. The molecule has 1 N–H and O–H groups in total. The maximum Gasteiger partial charge on any atom is 0.415 e. The highest BCUT2D eigenvalue weighted by Crippen LogP contribution is 2.20. The number of benzene rings is 2. The van der Waals surface area contributed by atoms with E-state index in [0.717, 1.165) is 0 Å². The Hall–Kier alpha value is -2.53. The summed E-state index contributed by atoms with van der Waals surface area (Å²) in [5, 5.41) is 10.2. The fraction of sp³-hybridized carbons (Fsp3) is 0.235. The fourth-order valence-electron chi connectivity index (χ4n) is 1.96. The van der Waals surface area contributed by atoms with Crippen molar-refractivity contribution in [1.29, 1.82) is 0 Å². The van der Waals surface area contributed by atoms with Crippen LogP contribution in [0.15, 0.2) is 54.6 Å². The third-order valence-electron chi connectivity index (χ3n) is 3.19. The van der Waals surface area contributed by atoms with Crippen LogP contribution in [0.1, 0.15) is 11.7 Å². The van der Waals surface area contributed by atoms with Gasteiger partial charge in [-0.2, -0.15) is 0 Å². The third kappa shape index (κ3) is 4.23. The molecule has 0 bridgehead atoms. The van der Waals surface area contributed by atoms with Crippen LogP contribution in [0.2, 0.25) is 0 Å². The summed E-state index contributed by atoms with van der Waals surface area (Å²) < 4.78 is 10.3. The number of aliphatic hydroxyl groups is 1. The van der Waals surface area contributed by atoms with E-state index in [1.165, 1.54) is 4.90 Å². The molecule has 0 heterocycles. The molecular formula is C17H19NO4. The number of methoxy groups -OCH3 is 1. The maximum atomic E-state index is 12.0. The van der Waals surface area contributed by atoms with Crippen molar-refractivity contribution in [2.45, 2.75) is 6.10 Å². The van der Waals surface area contributed by atoms with Gasteiger partial charge in [0.05, 0.1) is 19.8 Å². The average Bonchev–Trinajstić information content (AvgIpc) is 2.55.